The lowest BCUT2D eigenvalue weighted by Gasteiger charge is -2.09. The minimum Gasteiger partial charge on any atom is -0.483 e. The van der Waals surface area contributed by atoms with Crippen LogP contribution >= 0.6 is 11.8 Å². The number of ether oxygens (including phenoxy) is 1. The molecule has 1 aromatic carbocycles. The maximum Gasteiger partial charge on any atom is 0.133 e. The first kappa shape index (κ1) is 10.5. The van der Waals surface area contributed by atoms with Crippen LogP contribution in [0.15, 0.2) is 12.1 Å². The van der Waals surface area contributed by atoms with Gasteiger partial charge in [-0.25, -0.2) is 0 Å². The number of rotatable bonds is 3. The SMILES string of the molecule is CSCOc1cc(C)c(C)c(C)c1. The molecule has 0 saturated carbocycles. The molecule has 0 unspecified atom stereocenters. The number of aryl methyl sites for hydroxylation is 2. The lowest BCUT2D eigenvalue weighted by molar-refractivity contribution is 0.392. The summed E-state index contributed by atoms with van der Waals surface area (Å²) in [4.78, 5) is 0. The molecule has 0 radical (unpaired) electrons. The average Bonchev–Trinajstić information content (AvgIpc) is 2.10. The van der Waals surface area contributed by atoms with Gasteiger partial charge in [0.2, 0.25) is 0 Å². The molecule has 0 saturated heterocycles. The molecular weight excluding hydrogens is 180 g/mol. The van der Waals surface area contributed by atoms with Crippen molar-refractivity contribution in [3.05, 3.63) is 28.8 Å². The Balaban J connectivity index is 2.86. The molecule has 0 spiro atoms. The Morgan fingerprint density at radius 2 is 1.69 bits per heavy atom. The van der Waals surface area contributed by atoms with Gasteiger partial charge in [0.25, 0.3) is 0 Å². The summed E-state index contributed by atoms with van der Waals surface area (Å²) in [6.45, 7) is 6.38. The van der Waals surface area contributed by atoms with Gasteiger partial charge in [-0.15, -0.1) is 11.8 Å². The van der Waals surface area contributed by atoms with Gasteiger partial charge in [-0.2, -0.15) is 0 Å². The molecule has 0 aliphatic carbocycles. The largest absolute Gasteiger partial charge is 0.483 e. The van der Waals surface area contributed by atoms with Gasteiger partial charge in [0, 0.05) is 0 Å². The van der Waals surface area contributed by atoms with Crippen LogP contribution in [-0.4, -0.2) is 12.2 Å². The molecule has 0 atom stereocenters. The molecular formula is C11H16OS. The number of thioether (sulfide) groups is 1. The molecule has 1 nitrogen and oxygen atoms in total. The molecule has 0 bridgehead atoms. The van der Waals surface area contributed by atoms with E-state index in [1.165, 1.54) is 16.7 Å². The third-order valence-corrected chi connectivity index (χ3v) is 2.60. The van der Waals surface area contributed by atoms with E-state index in [2.05, 4.69) is 32.9 Å². The number of hydrogen-bond acceptors (Lipinski definition) is 2. The predicted octanol–water partition coefficient (Wildman–Crippen LogP) is 3.31. The van der Waals surface area contributed by atoms with Gasteiger partial charge in [-0.05, 0) is 55.9 Å². The summed E-state index contributed by atoms with van der Waals surface area (Å²) in [6.07, 6.45) is 2.04. The molecule has 0 aliphatic heterocycles. The van der Waals surface area contributed by atoms with Gasteiger partial charge in [-0.3, -0.25) is 0 Å². The summed E-state index contributed by atoms with van der Waals surface area (Å²) in [5.41, 5.74) is 3.96. The highest BCUT2D eigenvalue weighted by Gasteiger charge is 2.00. The van der Waals surface area contributed by atoms with E-state index in [0.29, 0.717) is 0 Å². The fraction of sp³-hybridized carbons (Fsp3) is 0.455. The highest BCUT2D eigenvalue weighted by molar-refractivity contribution is 7.98. The van der Waals surface area contributed by atoms with E-state index in [9.17, 15) is 0 Å². The molecule has 0 aromatic heterocycles. The quantitative estimate of drug-likeness (QED) is 0.686. The van der Waals surface area contributed by atoms with Crippen LogP contribution in [0.5, 0.6) is 5.75 Å². The van der Waals surface area contributed by atoms with Crippen LogP contribution in [0.2, 0.25) is 0 Å². The Labute approximate surface area is 84.5 Å². The highest BCUT2D eigenvalue weighted by atomic mass is 32.2. The second kappa shape index (κ2) is 4.56. The third-order valence-electron chi connectivity index (χ3n) is 2.24. The normalized spacial score (nSPS) is 10.2. The van der Waals surface area contributed by atoms with E-state index in [0.717, 1.165) is 11.7 Å². The zero-order chi connectivity index (χ0) is 9.84. The Hall–Kier alpha value is -0.630. The van der Waals surface area contributed by atoms with Crippen molar-refractivity contribution in [3.63, 3.8) is 0 Å². The van der Waals surface area contributed by atoms with Gasteiger partial charge in [0.05, 0.1) is 0 Å². The summed E-state index contributed by atoms with van der Waals surface area (Å²) in [6, 6.07) is 4.19. The number of benzene rings is 1. The second-order valence-corrected chi connectivity index (χ2v) is 4.05. The summed E-state index contributed by atoms with van der Waals surface area (Å²) < 4.78 is 5.53. The smallest absolute Gasteiger partial charge is 0.133 e. The minimum atomic E-state index is 0.724. The van der Waals surface area contributed by atoms with E-state index in [1.807, 2.05) is 6.26 Å². The van der Waals surface area contributed by atoms with Crippen LogP contribution < -0.4 is 4.74 Å². The van der Waals surface area contributed by atoms with Crippen LogP contribution in [0.1, 0.15) is 16.7 Å². The first-order valence-corrected chi connectivity index (χ1v) is 5.74. The van der Waals surface area contributed by atoms with Gasteiger partial charge in [-0.1, -0.05) is 0 Å². The molecule has 0 heterocycles. The molecule has 13 heavy (non-hydrogen) atoms. The third kappa shape index (κ3) is 2.66. The monoisotopic (exact) mass is 196 g/mol. The van der Waals surface area contributed by atoms with E-state index in [4.69, 9.17) is 4.74 Å². The lowest BCUT2D eigenvalue weighted by Crippen LogP contribution is -1.94. The highest BCUT2D eigenvalue weighted by Crippen LogP contribution is 2.21. The zero-order valence-electron chi connectivity index (χ0n) is 8.68. The molecule has 1 aromatic rings. The molecule has 72 valence electrons. The van der Waals surface area contributed by atoms with E-state index in [1.54, 1.807) is 11.8 Å². The Kier molecular flexibility index (Phi) is 3.67. The summed E-state index contributed by atoms with van der Waals surface area (Å²) in [5, 5.41) is 0. The van der Waals surface area contributed by atoms with Gasteiger partial charge in [0.15, 0.2) is 0 Å². The van der Waals surface area contributed by atoms with Crippen molar-refractivity contribution in [1.29, 1.82) is 0 Å². The molecule has 1 rings (SSSR count). The fourth-order valence-corrected chi connectivity index (χ4v) is 1.46. The van der Waals surface area contributed by atoms with Crippen molar-refractivity contribution in [1.82, 2.24) is 0 Å². The van der Waals surface area contributed by atoms with Crippen molar-refractivity contribution >= 4 is 11.8 Å². The Morgan fingerprint density at radius 3 is 2.15 bits per heavy atom. The summed E-state index contributed by atoms with van der Waals surface area (Å²) in [7, 11) is 0. The van der Waals surface area contributed by atoms with E-state index in [-0.39, 0.29) is 0 Å². The fourth-order valence-electron chi connectivity index (χ4n) is 1.21. The standard InChI is InChI=1S/C11H16OS/c1-8-5-11(12-7-13-4)6-9(2)10(8)3/h5-6H,7H2,1-4H3. The average molecular weight is 196 g/mol. The molecule has 0 fully saturated rings. The van der Waals surface area contributed by atoms with Crippen molar-refractivity contribution in [2.24, 2.45) is 0 Å². The predicted molar refractivity (Wildman–Crippen MR) is 59.7 cm³/mol. The van der Waals surface area contributed by atoms with Crippen LogP contribution in [0.4, 0.5) is 0 Å². The first-order valence-electron chi connectivity index (χ1n) is 4.34. The summed E-state index contributed by atoms with van der Waals surface area (Å²) >= 11 is 1.69. The minimum absolute atomic E-state index is 0.724. The lowest BCUT2D eigenvalue weighted by atomic mass is 10.0. The van der Waals surface area contributed by atoms with Crippen LogP contribution in [0, 0.1) is 20.8 Å². The van der Waals surface area contributed by atoms with Crippen molar-refractivity contribution < 1.29 is 4.74 Å². The van der Waals surface area contributed by atoms with Gasteiger partial charge >= 0.3 is 0 Å². The first-order chi connectivity index (χ1) is 6.15. The Morgan fingerprint density at radius 1 is 1.15 bits per heavy atom. The topological polar surface area (TPSA) is 9.23 Å². The molecule has 0 amide bonds. The van der Waals surface area contributed by atoms with Gasteiger partial charge in [0.1, 0.15) is 11.7 Å². The van der Waals surface area contributed by atoms with Crippen LogP contribution in [-0.2, 0) is 0 Å². The maximum absolute atomic E-state index is 5.53. The van der Waals surface area contributed by atoms with Crippen LogP contribution in [0.25, 0.3) is 0 Å². The molecule has 0 aliphatic rings. The van der Waals surface area contributed by atoms with Crippen LogP contribution in [0.3, 0.4) is 0 Å². The Bertz CT molecular complexity index is 271. The van der Waals surface area contributed by atoms with E-state index >= 15 is 0 Å². The van der Waals surface area contributed by atoms with Crippen molar-refractivity contribution in [3.8, 4) is 5.75 Å². The molecule has 2 heteroatoms. The van der Waals surface area contributed by atoms with E-state index < -0.39 is 0 Å². The summed E-state index contributed by atoms with van der Waals surface area (Å²) in [5.74, 6) is 1.71. The van der Waals surface area contributed by atoms with Gasteiger partial charge < -0.3 is 4.74 Å². The molecule has 0 N–H and O–H groups in total. The number of hydrogen-bond donors (Lipinski definition) is 0. The maximum atomic E-state index is 5.53. The van der Waals surface area contributed by atoms with Crippen molar-refractivity contribution in [2.45, 2.75) is 20.8 Å². The second-order valence-electron chi connectivity index (χ2n) is 3.23. The van der Waals surface area contributed by atoms with Crippen molar-refractivity contribution in [2.75, 3.05) is 12.2 Å². The zero-order valence-corrected chi connectivity index (χ0v) is 9.49.